The number of hydrogen-bond donors (Lipinski definition) is 1. The molecule has 4 rings (SSSR count). The second kappa shape index (κ2) is 6.00. The Morgan fingerprint density at radius 3 is 2.88 bits per heavy atom. The second-order valence-corrected chi connectivity index (χ2v) is 6.93. The number of nitrogens with zero attached hydrogens (tertiary/aromatic N) is 3. The van der Waals surface area contributed by atoms with Crippen LogP contribution in [0.5, 0.6) is 0 Å². The van der Waals surface area contributed by atoms with E-state index in [2.05, 4.69) is 14.7 Å². The Hall–Kier alpha value is -2.67. The monoisotopic (exact) mass is 354 g/mol. The van der Waals surface area contributed by atoms with Crippen molar-refractivity contribution >= 4 is 34.5 Å². The molecule has 0 amide bonds. The molecule has 1 aliphatic rings. The normalized spacial score (nSPS) is 16.9. The number of rotatable bonds is 3. The second-order valence-electron chi connectivity index (χ2n) is 6.27. The van der Waals surface area contributed by atoms with Gasteiger partial charge in [0.15, 0.2) is 0 Å². The summed E-state index contributed by atoms with van der Waals surface area (Å²) in [7, 11) is 0. The Morgan fingerprint density at radius 2 is 2.16 bits per heavy atom. The van der Waals surface area contributed by atoms with Crippen molar-refractivity contribution in [2.45, 2.75) is 32.9 Å². The molecule has 3 aromatic rings. The van der Waals surface area contributed by atoms with Crippen LogP contribution in [0, 0.1) is 0 Å². The van der Waals surface area contributed by atoms with E-state index in [9.17, 15) is 4.79 Å². The third kappa shape index (κ3) is 2.60. The van der Waals surface area contributed by atoms with Gasteiger partial charge in [0.25, 0.3) is 0 Å². The van der Waals surface area contributed by atoms with Crippen LogP contribution in [-0.2, 0) is 9.53 Å². The van der Waals surface area contributed by atoms with Gasteiger partial charge >= 0.3 is 5.97 Å². The Bertz CT molecular complexity index is 972. The molecule has 0 saturated heterocycles. The molecule has 3 heterocycles. The van der Waals surface area contributed by atoms with Crippen LogP contribution in [0.25, 0.3) is 11.0 Å². The number of allylic oxidation sites excluding steroid dienone is 1. The van der Waals surface area contributed by atoms with E-state index in [1.165, 1.54) is 11.5 Å². The Balaban J connectivity index is 1.94. The van der Waals surface area contributed by atoms with Gasteiger partial charge in [0.05, 0.1) is 28.8 Å². The zero-order valence-corrected chi connectivity index (χ0v) is 15.0. The molecule has 0 fully saturated rings. The number of nitrogens with one attached hydrogen (secondary N) is 1. The average Bonchev–Trinajstić information content (AvgIpc) is 3.20. The van der Waals surface area contributed by atoms with Crippen molar-refractivity contribution in [3.8, 4) is 0 Å². The average molecular weight is 354 g/mol. The van der Waals surface area contributed by atoms with Crippen molar-refractivity contribution in [3.63, 3.8) is 0 Å². The first-order valence-corrected chi connectivity index (χ1v) is 8.95. The summed E-state index contributed by atoms with van der Waals surface area (Å²) < 4.78 is 11.8. The molecule has 0 spiro atoms. The van der Waals surface area contributed by atoms with Crippen molar-refractivity contribution in [2.75, 3.05) is 5.32 Å². The minimum atomic E-state index is -0.320. The number of benzene rings is 1. The summed E-state index contributed by atoms with van der Waals surface area (Å²) in [5.41, 5.74) is 4.13. The number of anilines is 1. The quantitative estimate of drug-likeness (QED) is 0.726. The van der Waals surface area contributed by atoms with E-state index in [1.54, 1.807) is 6.20 Å². The van der Waals surface area contributed by atoms with Crippen LogP contribution < -0.4 is 5.32 Å². The van der Waals surface area contributed by atoms with Gasteiger partial charge in [-0.1, -0.05) is 12.1 Å². The first kappa shape index (κ1) is 15.8. The Morgan fingerprint density at radius 1 is 1.36 bits per heavy atom. The molecule has 7 heteroatoms. The third-order valence-electron chi connectivity index (χ3n) is 4.16. The number of hydrogen-bond acceptors (Lipinski definition) is 6. The number of aromatic nitrogens is 3. The molecule has 0 bridgehead atoms. The molecule has 1 atom stereocenters. The summed E-state index contributed by atoms with van der Waals surface area (Å²) in [4.78, 5) is 17.5. The van der Waals surface area contributed by atoms with Crippen molar-refractivity contribution in [3.05, 3.63) is 52.7 Å². The van der Waals surface area contributed by atoms with E-state index >= 15 is 0 Å². The number of para-hydroxylation sites is 2. The Labute approximate surface area is 149 Å². The molecule has 1 unspecified atom stereocenters. The summed E-state index contributed by atoms with van der Waals surface area (Å²) in [6.45, 7) is 5.58. The highest BCUT2D eigenvalue weighted by atomic mass is 32.1. The SMILES string of the molecule is CC1=C(C(=O)OC(C)C)C(c2cnsc2)n2c(nc3ccccc32)N1. The molecule has 1 aromatic carbocycles. The molecule has 1 aliphatic heterocycles. The summed E-state index contributed by atoms with van der Waals surface area (Å²) in [6.07, 6.45) is 1.62. The number of ether oxygens (including phenoxy) is 1. The van der Waals surface area contributed by atoms with Crippen molar-refractivity contribution in [1.82, 2.24) is 13.9 Å². The highest BCUT2D eigenvalue weighted by molar-refractivity contribution is 7.03. The maximum atomic E-state index is 12.8. The summed E-state index contributed by atoms with van der Waals surface area (Å²) >= 11 is 1.37. The first-order chi connectivity index (χ1) is 12.1. The lowest BCUT2D eigenvalue weighted by Crippen LogP contribution is -2.29. The van der Waals surface area contributed by atoms with Crippen LogP contribution in [0.4, 0.5) is 5.95 Å². The number of carbonyl (C=O) groups is 1. The summed E-state index contributed by atoms with van der Waals surface area (Å²) in [6, 6.07) is 7.58. The lowest BCUT2D eigenvalue weighted by molar-refractivity contribution is -0.143. The number of imidazole rings is 1. The van der Waals surface area contributed by atoms with E-state index in [4.69, 9.17) is 4.74 Å². The van der Waals surface area contributed by atoms with Gasteiger partial charge in [-0.15, -0.1) is 0 Å². The molecular formula is C18H18N4O2S. The molecular weight excluding hydrogens is 336 g/mol. The van der Waals surface area contributed by atoms with Gasteiger partial charge in [0.1, 0.15) is 0 Å². The van der Waals surface area contributed by atoms with E-state index in [1.807, 2.05) is 55.0 Å². The zero-order chi connectivity index (χ0) is 17.6. The number of esters is 1. The van der Waals surface area contributed by atoms with E-state index in [0.717, 1.165) is 28.2 Å². The van der Waals surface area contributed by atoms with Gasteiger partial charge in [-0.05, 0) is 44.4 Å². The maximum Gasteiger partial charge on any atom is 0.338 e. The number of carbonyl (C=O) groups excluding carboxylic acids is 1. The van der Waals surface area contributed by atoms with Gasteiger partial charge < -0.3 is 10.1 Å². The molecule has 0 radical (unpaired) electrons. The van der Waals surface area contributed by atoms with E-state index in [0.29, 0.717) is 5.57 Å². The highest BCUT2D eigenvalue weighted by Crippen LogP contribution is 2.39. The molecule has 1 N–H and O–H groups in total. The van der Waals surface area contributed by atoms with Crippen LogP contribution in [0.1, 0.15) is 32.4 Å². The lowest BCUT2D eigenvalue weighted by Gasteiger charge is -2.29. The lowest BCUT2D eigenvalue weighted by atomic mass is 9.97. The Kier molecular flexibility index (Phi) is 3.80. The highest BCUT2D eigenvalue weighted by Gasteiger charge is 2.35. The van der Waals surface area contributed by atoms with Crippen molar-refractivity contribution in [1.29, 1.82) is 0 Å². The van der Waals surface area contributed by atoms with Crippen LogP contribution in [0.3, 0.4) is 0 Å². The summed E-state index contributed by atoms with van der Waals surface area (Å²) in [5, 5.41) is 5.22. The molecule has 0 aliphatic carbocycles. The molecule has 2 aromatic heterocycles. The standard InChI is InChI=1S/C18H18N4O2S/c1-10(2)24-17(23)15-11(3)20-18-21-13-6-4-5-7-14(13)22(18)16(15)12-8-19-25-9-12/h4-10,16H,1-3H3,(H,20,21). The molecule has 0 saturated carbocycles. The van der Waals surface area contributed by atoms with E-state index < -0.39 is 0 Å². The summed E-state index contributed by atoms with van der Waals surface area (Å²) in [5.74, 6) is 0.399. The minimum absolute atomic E-state index is 0.185. The maximum absolute atomic E-state index is 12.8. The smallest absolute Gasteiger partial charge is 0.338 e. The van der Waals surface area contributed by atoms with Crippen LogP contribution in [-0.4, -0.2) is 26.0 Å². The van der Waals surface area contributed by atoms with Crippen LogP contribution in [0.15, 0.2) is 47.1 Å². The minimum Gasteiger partial charge on any atom is -0.459 e. The first-order valence-electron chi connectivity index (χ1n) is 8.11. The van der Waals surface area contributed by atoms with Crippen LogP contribution in [0.2, 0.25) is 0 Å². The largest absolute Gasteiger partial charge is 0.459 e. The molecule has 25 heavy (non-hydrogen) atoms. The van der Waals surface area contributed by atoms with Gasteiger partial charge in [0.2, 0.25) is 5.95 Å². The van der Waals surface area contributed by atoms with Gasteiger partial charge in [-0.2, -0.15) is 0 Å². The fourth-order valence-corrected chi connectivity index (χ4v) is 3.72. The van der Waals surface area contributed by atoms with Gasteiger partial charge in [-0.3, -0.25) is 4.57 Å². The van der Waals surface area contributed by atoms with Crippen LogP contribution >= 0.6 is 11.5 Å². The van der Waals surface area contributed by atoms with E-state index in [-0.39, 0.29) is 18.1 Å². The van der Waals surface area contributed by atoms with Gasteiger partial charge in [-0.25, -0.2) is 14.2 Å². The molecule has 128 valence electrons. The molecule has 6 nitrogen and oxygen atoms in total. The number of fused-ring (bicyclic) bond motifs is 3. The predicted molar refractivity (Wildman–Crippen MR) is 97.5 cm³/mol. The van der Waals surface area contributed by atoms with Crippen molar-refractivity contribution < 1.29 is 9.53 Å². The van der Waals surface area contributed by atoms with Crippen molar-refractivity contribution in [2.24, 2.45) is 0 Å². The fourth-order valence-electron chi connectivity index (χ4n) is 3.17. The third-order valence-corrected chi connectivity index (χ3v) is 4.77. The predicted octanol–water partition coefficient (Wildman–Crippen LogP) is 3.73. The zero-order valence-electron chi connectivity index (χ0n) is 14.2. The van der Waals surface area contributed by atoms with Gasteiger partial charge in [0, 0.05) is 22.8 Å². The topological polar surface area (TPSA) is 69.0 Å². The fraction of sp³-hybridized carbons (Fsp3) is 0.278.